The zero-order valence-electron chi connectivity index (χ0n) is 15.9. The van der Waals surface area contributed by atoms with Crippen LogP contribution in [0, 0.1) is 5.92 Å². The van der Waals surface area contributed by atoms with Gasteiger partial charge in [-0.1, -0.05) is 26.3 Å². The van der Waals surface area contributed by atoms with Crippen LogP contribution in [-0.2, 0) is 24.3 Å². The number of piperidine rings is 1. The van der Waals surface area contributed by atoms with Crippen LogP contribution in [0.25, 0.3) is 0 Å². The average molecular weight is 397 g/mol. The van der Waals surface area contributed by atoms with Gasteiger partial charge in [0, 0.05) is 25.2 Å². The highest BCUT2D eigenvalue weighted by Crippen LogP contribution is 2.22. The lowest BCUT2D eigenvalue weighted by molar-refractivity contribution is -0.147. The predicted octanol–water partition coefficient (Wildman–Crippen LogP) is 2.78. The molecule has 0 saturated carbocycles. The summed E-state index contributed by atoms with van der Waals surface area (Å²) in [5.41, 5.74) is 0.358. The molecule has 1 heterocycles. The summed E-state index contributed by atoms with van der Waals surface area (Å²) in [6.07, 6.45) is 3.74. The maximum absolute atomic E-state index is 12.7. The van der Waals surface area contributed by atoms with Gasteiger partial charge < -0.3 is 10.1 Å². The second-order valence-corrected chi connectivity index (χ2v) is 9.07. The smallest absolute Gasteiger partial charge is 0.306 e. The van der Waals surface area contributed by atoms with E-state index in [1.54, 1.807) is 12.1 Å². The molecular weight excluding hydrogens is 368 g/mol. The number of rotatable bonds is 8. The third kappa shape index (κ3) is 6.62. The molecule has 1 amide bonds. The topological polar surface area (TPSA) is 92.8 Å². The summed E-state index contributed by atoms with van der Waals surface area (Å²) in [6.45, 7) is 4.66. The monoisotopic (exact) mass is 396 g/mol. The maximum atomic E-state index is 12.7. The van der Waals surface area contributed by atoms with E-state index in [1.165, 1.54) is 16.4 Å². The van der Waals surface area contributed by atoms with Crippen molar-refractivity contribution >= 4 is 27.6 Å². The Labute approximate surface area is 161 Å². The largest absolute Gasteiger partial charge is 0.456 e. The molecule has 0 aromatic heterocycles. The van der Waals surface area contributed by atoms with Crippen LogP contribution in [0.2, 0.25) is 0 Å². The van der Waals surface area contributed by atoms with E-state index in [-0.39, 0.29) is 17.9 Å². The van der Waals surface area contributed by atoms with E-state index in [1.807, 2.05) is 13.8 Å². The minimum Gasteiger partial charge on any atom is -0.456 e. The number of anilines is 1. The fourth-order valence-electron chi connectivity index (χ4n) is 2.81. The van der Waals surface area contributed by atoms with Gasteiger partial charge in [-0.2, -0.15) is 4.31 Å². The second-order valence-electron chi connectivity index (χ2n) is 7.13. The molecule has 0 radical (unpaired) electrons. The van der Waals surface area contributed by atoms with Crippen molar-refractivity contribution in [3.05, 3.63) is 24.3 Å². The molecule has 0 atom stereocenters. The summed E-state index contributed by atoms with van der Waals surface area (Å²) in [5.74, 6) is -0.531. The first kappa shape index (κ1) is 21.4. The molecule has 1 aromatic rings. The molecule has 1 N–H and O–H groups in total. The van der Waals surface area contributed by atoms with Gasteiger partial charge in [-0.3, -0.25) is 9.59 Å². The van der Waals surface area contributed by atoms with Crippen molar-refractivity contribution in [2.24, 2.45) is 5.92 Å². The molecule has 0 unspecified atom stereocenters. The molecule has 1 aromatic carbocycles. The number of hydrogen-bond acceptors (Lipinski definition) is 5. The summed E-state index contributed by atoms with van der Waals surface area (Å²) in [7, 11) is -3.56. The van der Waals surface area contributed by atoms with Gasteiger partial charge >= 0.3 is 5.97 Å². The molecule has 2 rings (SSSR count). The molecule has 150 valence electrons. The van der Waals surface area contributed by atoms with Crippen LogP contribution in [-0.4, -0.2) is 44.3 Å². The van der Waals surface area contributed by atoms with Gasteiger partial charge in [0.25, 0.3) is 5.91 Å². The zero-order chi connectivity index (χ0) is 19.9. The number of hydrogen-bond donors (Lipinski definition) is 1. The third-order valence-corrected chi connectivity index (χ3v) is 6.26. The van der Waals surface area contributed by atoms with Crippen molar-refractivity contribution in [2.45, 2.75) is 50.8 Å². The number of nitrogens with one attached hydrogen (secondary N) is 1. The van der Waals surface area contributed by atoms with E-state index < -0.39 is 21.9 Å². The van der Waals surface area contributed by atoms with E-state index in [4.69, 9.17) is 4.74 Å². The van der Waals surface area contributed by atoms with Gasteiger partial charge in [-0.25, -0.2) is 8.42 Å². The van der Waals surface area contributed by atoms with Crippen LogP contribution in [0.15, 0.2) is 29.2 Å². The van der Waals surface area contributed by atoms with E-state index >= 15 is 0 Å². The lowest BCUT2D eigenvalue weighted by atomic mass is 10.1. The molecule has 8 heteroatoms. The molecular formula is C19H28N2O5S. The van der Waals surface area contributed by atoms with Crippen molar-refractivity contribution in [2.75, 3.05) is 25.0 Å². The zero-order valence-corrected chi connectivity index (χ0v) is 16.8. The van der Waals surface area contributed by atoms with Crippen LogP contribution in [0.5, 0.6) is 0 Å². The summed E-state index contributed by atoms with van der Waals surface area (Å²) in [4.78, 5) is 23.7. The van der Waals surface area contributed by atoms with Gasteiger partial charge in [0.15, 0.2) is 6.61 Å². The Bertz CT molecular complexity index is 755. The average Bonchev–Trinajstić information content (AvgIpc) is 2.65. The minimum atomic E-state index is -3.56. The van der Waals surface area contributed by atoms with Gasteiger partial charge in [-0.05, 0) is 43.4 Å². The van der Waals surface area contributed by atoms with Gasteiger partial charge in [0.05, 0.1) is 4.90 Å². The number of carbonyl (C=O) groups is 2. The lowest BCUT2D eigenvalue weighted by Gasteiger charge is -2.26. The van der Waals surface area contributed by atoms with Crippen LogP contribution in [0.3, 0.4) is 0 Å². The van der Waals surface area contributed by atoms with E-state index in [9.17, 15) is 18.0 Å². The van der Waals surface area contributed by atoms with Crippen LogP contribution in [0.1, 0.15) is 46.0 Å². The van der Waals surface area contributed by atoms with Crippen molar-refractivity contribution in [3.8, 4) is 0 Å². The quantitative estimate of drug-likeness (QED) is 0.682. The SMILES string of the molecule is CC(C)CCC(=O)OCC(=O)Nc1cccc(S(=O)(=O)N2CCCCC2)c1. The first-order chi connectivity index (χ1) is 12.8. The Balaban J connectivity index is 1.93. The minimum absolute atomic E-state index is 0.149. The number of sulfonamides is 1. The van der Waals surface area contributed by atoms with Crippen molar-refractivity contribution in [1.82, 2.24) is 4.31 Å². The summed E-state index contributed by atoms with van der Waals surface area (Å²) in [5, 5.41) is 2.58. The molecule has 0 spiro atoms. The lowest BCUT2D eigenvalue weighted by Crippen LogP contribution is -2.35. The summed E-state index contributed by atoms with van der Waals surface area (Å²) >= 11 is 0. The van der Waals surface area contributed by atoms with Gasteiger partial charge in [0.2, 0.25) is 10.0 Å². The number of esters is 1. The Morgan fingerprint density at radius 1 is 1.19 bits per heavy atom. The standard InChI is InChI=1S/C19H28N2O5S/c1-15(2)9-10-19(23)26-14-18(22)20-16-7-6-8-17(13-16)27(24,25)21-11-4-3-5-12-21/h6-8,13,15H,3-5,9-12,14H2,1-2H3,(H,20,22). The molecule has 27 heavy (non-hydrogen) atoms. The van der Waals surface area contributed by atoms with Crippen LogP contribution < -0.4 is 5.32 Å². The highest BCUT2D eigenvalue weighted by atomic mass is 32.2. The van der Waals surface area contributed by atoms with Crippen LogP contribution in [0.4, 0.5) is 5.69 Å². The Kier molecular flexibility index (Phi) is 7.79. The maximum Gasteiger partial charge on any atom is 0.306 e. The van der Waals surface area contributed by atoms with Crippen molar-refractivity contribution < 1.29 is 22.7 Å². The number of amides is 1. The number of nitrogens with zero attached hydrogens (tertiary/aromatic N) is 1. The molecule has 1 saturated heterocycles. The fourth-order valence-corrected chi connectivity index (χ4v) is 4.37. The van der Waals surface area contributed by atoms with E-state index in [2.05, 4.69) is 5.32 Å². The summed E-state index contributed by atoms with van der Waals surface area (Å²) in [6, 6.07) is 6.14. The van der Waals surface area contributed by atoms with Crippen molar-refractivity contribution in [1.29, 1.82) is 0 Å². The Morgan fingerprint density at radius 2 is 1.89 bits per heavy atom. The van der Waals surface area contributed by atoms with Crippen molar-refractivity contribution in [3.63, 3.8) is 0 Å². The molecule has 0 aliphatic carbocycles. The number of carbonyl (C=O) groups excluding carboxylic acids is 2. The first-order valence-electron chi connectivity index (χ1n) is 9.34. The Morgan fingerprint density at radius 3 is 2.56 bits per heavy atom. The Hall–Kier alpha value is -1.93. The normalized spacial score (nSPS) is 15.5. The van der Waals surface area contributed by atoms with E-state index in [0.29, 0.717) is 31.1 Å². The predicted molar refractivity (Wildman–Crippen MR) is 103 cm³/mol. The van der Waals surface area contributed by atoms with E-state index in [0.717, 1.165) is 19.3 Å². The molecule has 1 aliphatic heterocycles. The highest BCUT2D eigenvalue weighted by Gasteiger charge is 2.26. The van der Waals surface area contributed by atoms with Gasteiger partial charge in [-0.15, -0.1) is 0 Å². The highest BCUT2D eigenvalue weighted by molar-refractivity contribution is 7.89. The molecule has 7 nitrogen and oxygen atoms in total. The molecule has 0 bridgehead atoms. The number of benzene rings is 1. The first-order valence-corrected chi connectivity index (χ1v) is 10.8. The molecule has 1 fully saturated rings. The summed E-state index contributed by atoms with van der Waals surface area (Å²) < 4.78 is 31.8. The van der Waals surface area contributed by atoms with Gasteiger partial charge in [0.1, 0.15) is 0 Å². The second kappa shape index (κ2) is 9.85. The number of ether oxygens (including phenoxy) is 1. The van der Waals surface area contributed by atoms with Crippen LogP contribution >= 0.6 is 0 Å². The fraction of sp³-hybridized carbons (Fsp3) is 0.579. The third-order valence-electron chi connectivity index (χ3n) is 4.36. The molecule has 1 aliphatic rings.